The van der Waals surface area contributed by atoms with Crippen LogP contribution < -0.4 is 10.6 Å². The summed E-state index contributed by atoms with van der Waals surface area (Å²) < 4.78 is 0. The zero-order valence-corrected chi connectivity index (χ0v) is 10.4. The Kier molecular flexibility index (Phi) is 3.49. The van der Waals surface area contributed by atoms with Crippen LogP contribution in [0.4, 0.5) is 5.69 Å². The van der Waals surface area contributed by atoms with Crippen LogP contribution >= 0.6 is 0 Å². The summed E-state index contributed by atoms with van der Waals surface area (Å²) in [7, 11) is 2.17. The number of fused-ring (bicyclic) bond motifs is 1. The van der Waals surface area contributed by atoms with Crippen LogP contribution in [0, 0.1) is 5.92 Å². The number of hydrogen-bond acceptors (Lipinski definition) is 2. The summed E-state index contributed by atoms with van der Waals surface area (Å²) in [6.07, 6.45) is 3.48. The van der Waals surface area contributed by atoms with Crippen molar-refractivity contribution in [2.45, 2.75) is 26.2 Å². The number of nitrogens with two attached hydrogens (primary N) is 1. The Bertz CT molecular complexity index is 360. The van der Waals surface area contributed by atoms with E-state index in [0.29, 0.717) is 5.92 Å². The molecule has 1 unspecified atom stereocenters. The summed E-state index contributed by atoms with van der Waals surface area (Å²) in [6, 6.07) is 6.92. The van der Waals surface area contributed by atoms with E-state index in [1.807, 2.05) is 0 Å². The largest absolute Gasteiger partial charge is 0.374 e. The van der Waals surface area contributed by atoms with Crippen LogP contribution in [0.1, 0.15) is 24.5 Å². The van der Waals surface area contributed by atoms with E-state index in [1.54, 1.807) is 0 Å². The maximum atomic E-state index is 5.58. The Labute approximate surface area is 98.4 Å². The molecule has 1 aromatic carbocycles. The third-order valence-electron chi connectivity index (χ3n) is 3.52. The molecule has 2 rings (SSSR count). The molecular formula is C14H22N2. The average Bonchev–Trinajstić information content (AvgIpc) is 2.60. The van der Waals surface area contributed by atoms with Gasteiger partial charge in [0.25, 0.3) is 0 Å². The zero-order chi connectivity index (χ0) is 11.5. The van der Waals surface area contributed by atoms with Crippen molar-refractivity contribution in [3.05, 3.63) is 29.3 Å². The van der Waals surface area contributed by atoms with Crippen molar-refractivity contribution in [3.63, 3.8) is 0 Å². The maximum Gasteiger partial charge on any atom is 0.0397 e. The summed E-state index contributed by atoms with van der Waals surface area (Å²) >= 11 is 0. The van der Waals surface area contributed by atoms with Gasteiger partial charge in [0.15, 0.2) is 0 Å². The molecule has 0 fully saturated rings. The first-order chi connectivity index (χ1) is 7.70. The highest BCUT2D eigenvalue weighted by Crippen LogP contribution is 2.28. The maximum absolute atomic E-state index is 5.58. The van der Waals surface area contributed by atoms with Crippen molar-refractivity contribution < 1.29 is 0 Å². The summed E-state index contributed by atoms with van der Waals surface area (Å²) in [5.41, 5.74) is 9.98. The molecule has 0 aliphatic carbocycles. The third kappa shape index (κ3) is 2.38. The first-order valence-electron chi connectivity index (χ1n) is 6.23. The van der Waals surface area contributed by atoms with Crippen LogP contribution in [-0.4, -0.2) is 20.1 Å². The minimum atomic E-state index is 0.696. The molecule has 2 nitrogen and oxygen atoms in total. The van der Waals surface area contributed by atoms with Crippen LogP contribution in [0.3, 0.4) is 0 Å². The molecular weight excluding hydrogens is 196 g/mol. The van der Waals surface area contributed by atoms with Crippen LogP contribution in [0.2, 0.25) is 0 Å². The highest BCUT2D eigenvalue weighted by molar-refractivity contribution is 5.58. The summed E-state index contributed by atoms with van der Waals surface area (Å²) in [4.78, 5) is 2.34. The molecule has 2 N–H and O–H groups in total. The molecule has 0 saturated carbocycles. The van der Waals surface area contributed by atoms with Crippen molar-refractivity contribution in [2.24, 2.45) is 11.7 Å². The lowest BCUT2D eigenvalue weighted by molar-refractivity contribution is 0.538. The lowest BCUT2D eigenvalue weighted by Crippen LogP contribution is -2.12. The van der Waals surface area contributed by atoms with Gasteiger partial charge in [-0.3, -0.25) is 0 Å². The average molecular weight is 218 g/mol. The van der Waals surface area contributed by atoms with E-state index in [2.05, 4.69) is 37.1 Å². The van der Waals surface area contributed by atoms with Gasteiger partial charge in [-0.1, -0.05) is 19.1 Å². The second kappa shape index (κ2) is 4.88. The smallest absolute Gasteiger partial charge is 0.0397 e. The second-order valence-corrected chi connectivity index (χ2v) is 5.02. The SMILES string of the molecule is CC(CCN)Cc1ccc2c(c1)CCN2C. The molecule has 1 aliphatic heterocycles. The van der Waals surface area contributed by atoms with Crippen LogP contribution in [0.15, 0.2) is 18.2 Å². The molecule has 1 aromatic rings. The van der Waals surface area contributed by atoms with Gasteiger partial charge >= 0.3 is 0 Å². The van der Waals surface area contributed by atoms with Gasteiger partial charge in [0.1, 0.15) is 0 Å². The Balaban J connectivity index is 2.07. The Morgan fingerprint density at radius 3 is 3.00 bits per heavy atom. The minimum Gasteiger partial charge on any atom is -0.374 e. The molecule has 0 amide bonds. The van der Waals surface area contributed by atoms with E-state index < -0.39 is 0 Å². The first-order valence-corrected chi connectivity index (χ1v) is 6.23. The van der Waals surface area contributed by atoms with Gasteiger partial charge < -0.3 is 10.6 Å². The molecule has 2 heteroatoms. The lowest BCUT2D eigenvalue weighted by Gasteiger charge is -2.14. The van der Waals surface area contributed by atoms with E-state index in [4.69, 9.17) is 5.73 Å². The van der Waals surface area contributed by atoms with Crippen LogP contribution in [0.25, 0.3) is 0 Å². The Morgan fingerprint density at radius 1 is 1.44 bits per heavy atom. The van der Waals surface area contributed by atoms with Crippen LogP contribution in [-0.2, 0) is 12.8 Å². The summed E-state index contributed by atoms with van der Waals surface area (Å²) in [6.45, 7) is 4.25. The number of benzene rings is 1. The van der Waals surface area contributed by atoms with Gasteiger partial charge in [-0.05, 0) is 48.9 Å². The topological polar surface area (TPSA) is 29.3 Å². The lowest BCUT2D eigenvalue weighted by atomic mass is 9.96. The molecule has 88 valence electrons. The highest BCUT2D eigenvalue weighted by atomic mass is 15.1. The second-order valence-electron chi connectivity index (χ2n) is 5.02. The van der Waals surface area contributed by atoms with Gasteiger partial charge in [0.2, 0.25) is 0 Å². The van der Waals surface area contributed by atoms with Crippen molar-refractivity contribution in [1.29, 1.82) is 0 Å². The molecule has 16 heavy (non-hydrogen) atoms. The van der Waals surface area contributed by atoms with Gasteiger partial charge in [-0.15, -0.1) is 0 Å². The van der Waals surface area contributed by atoms with E-state index in [0.717, 1.165) is 25.9 Å². The predicted octanol–water partition coefficient (Wildman–Crippen LogP) is 2.21. The van der Waals surface area contributed by atoms with Crippen molar-refractivity contribution in [3.8, 4) is 0 Å². The minimum absolute atomic E-state index is 0.696. The quantitative estimate of drug-likeness (QED) is 0.839. The van der Waals surface area contributed by atoms with Gasteiger partial charge in [-0.25, -0.2) is 0 Å². The van der Waals surface area contributed by atoms with E-state index in [1.165, 1.54) is 23.2 Å². The molecule has 1 aliphatic rings. The fourth-order valence-electron chi connectivity index (χ4n) is 2.54. The number of rotatable bonds is 4. The van der Waals surface area contributed by atoms with E-state index >= 15 is 0 Å². The summed E-state index contributed by atoms with van der Waals surface area (Å²) in [5, 5.41) is 0. The Morgan fingerprint density at radius 2 is 2.25 bits per heavy atom. The monoisotopic (exact) mass is 218 g/mol. The summed E-state index contributed by atoms with van der Waals surface area (Å²) in [5.74, 6) is 0.696. The van der Waals surface area contributed by atoms with Crippen molar-refractivity contribution >= 4 is 5.69 Å². The molecule has 1 atom stereocenters. The van der Waals surface area contributed by atoms with E-state index in [9.17, 15) is 0 Å². The van der Waals surface area contributed by atoms with Gasteiger partial charge in [0, 0.05) is 19.3 Å². The van der Waals surface area contributed by atoms with Gasteiger partial charge in [-0.2, -0.15) is 0 Å². The number of likely N-dealkylation sites (N-methyl/N-ethyl adjacent to an activating group) is 1. The normalized spacial score (nSPS) is 16.3. The number of anilines is 1. The molecule has 0 saturated heterocycles. The molecule has 0 spiro atoms. The molecule has 0 bridgehead atoms. The fraction of sp³-hybridized carbons (Fsp3) is 0.571. The highest BCUT2D eigenvalue weighted by Gasteiger charge is 2.15. The zero-order valence-electron chi connectivity index (χ0n) is 10.4. The standard InChI is InChI=1S/C14H22N2/c1-11(5-7-15)9-12-3-4-14-13(10-12)6-8-16(14)2/h3-4,10-11H,5-9,15H2,1-2H3. The van der Waals surface area contributed by atoms with Crippen LogP contribution in [0.5, 0.6) is 0 Å². The molecule has 0 aromatic heterocycles. The number of nitrogens with zero attached hydrogens (tertiary/aromatic N) is 1. The number of hydrogen-bond donors (Lipinski definition) is 1. The Hall–Kier alpha value is -1.02. The molecule has 1 heterocycles. The fourth-order valence-corrected chi connectivity index (χ4v) is 2.54. The van der Waals surface area contributed by atoms with Crippen molar-refractivity contribution in [2.75, 3.05) is 25.0 Å². The molecule has 0 radical (unpaired) electrons. The third-order valence-corrected chi connectivity index (χ3v) is 3.52. The first kappa shape index (κ1) is 11.5. The van der Waals surface area contributed by atoms with Gasteiger partial charge in [0.05, 0.1) is 0 Å². The van der Waals surface area contributed by atoms with E-state index in [-0.39, 0.29) is 0 Å². The predicted molar refractivity (Wildman–Crippen MR) is 70.0 cm³/mol. The van der Waals surface area contributed by atoms with Crippen molar-refractivity contribution in [1.82, 2.24) is 0 Å².